The van der Waals surface area contributed by atoms with E-state index < -0.39 is 7.26 Å². The summed E-state index contributed by atoms with van der Waals surface area (Å²) in [5.41, 5.74) is 0. The summed E-state index contributed by atoms with van der Waals surface area (Å²) in [7, 11) is -0.636. The van der Waals surface area contributed by atoms with Gasteiger partial charge in [0.1, 0.15) is 0 Å². The summed E-state index contributed by atoms with van der Waals surface area (Å²) < 4.78 is 0. The Hall–Kier alpha value is 1.75. The van der Waals surface area contributed by atoms with Gasteiger partial charge >= 0.3 is 0 Å². The van der Waals surface area contributed by atoms with E-state index in [2.05, 4.69) is 27.4 Å². The second-order valence-electron chi connectivity index (χ2n) is 9.09. The standard InChI is InChI=1S/C25H54P.3BrH.3H3N/c1-5-8-11-14-17-20-23-26(4,24-21-18-15-12-9-6-2)25-22-19-16-13-10-7-3;;;;;;/h5-25H2,1-4H3;3*1H;3*1H3/q+1;;;;;;. The molecule has 0 aromatic heterocycles. The minimum Gasteiger partial charge on any atom is -0.344 e. The minimum atomic E-state index is -0.636. The van der Waals surface area contributed by atoms with Crippen molar-refractivity contribution in [2.24, 2.45) is 0 Å². The first-order valence-corrected chi connectivity index (χ1v) is 15.3. The first kappa shape index (κ1) is 50.6. The van der Waals surface area contributed by atoms with Gasteiger partial charge in [-0.3, -0.25) is 0 Å². The summed E-state index contributed by atoms with van der Waals surface area (Å²) in [6, 6.07) is 0. The van der Waals surface area contributed by atoms with Crippen LogP contribution in [0.5, 0.6) is 0 Å². The molecule has 0 aromatic rings. The maximum Gasteiger partial charge on any atom is 0.0591 e. The van der Waals surface area contributed by atoms with Crippen molar-refractivity contribution in [1.29, 1.82) is 0 Å². The zero-order valence-electron chi connectivity index (χ0n) is 22.6. The quantitative estimate of drug-likeness (QED) is 0.0830. The van der Waals surface area contributed by atoms with Crippen LogP contribution < -0.4 is 18.5 Å². The van der Waals surface area contributed by atoms with Crippen molar-refractivity contribution in [3.63, 3.8) is 0 Å². The van der Waals surface area contributed by atoms with Gasteiger partial charge in [-0.05, 0) is 38.5 Å². The molecule has 206 valence electrons. The number of halogens is 3. The molecular weight excluding hydrogens is 613 g/mol. The molecule has 7 heteroatoms. The lowest BCUT2D eigenvalue weighted by molar-refractivity contribution is 0.616. The van der Waals surface area contributed by atoms with Crippen LogP contribution in [0.3, 0.4) is 0 Å². The van der Waals surface area contributed by atoms with Crippen LogP contribution in [-0.4, -0.2) is 25.2 Å². The van der Waals surface area contributed by atoms with Crippen LogP contribution in [0.15, 0.2) is 0 Å². The molecule has 0 aliphatic carbocycles. The summed E-state index contributed by atoms with van der Waals surface area (Å²) in [5, 5.41) is 0. The number of hydrogen-bond acceptors (Lipinski definition) is 3. The Bertz CT molecular complexity index is 248. The molecule has 0 saturated carbocycles. The predicted octanol–water partition coefficient (Wildman–Crippen LogP) is 11.9. The molecule has 0 aliphatic rings. The van der Waals surface area contributed by atoms with Crippen LogP contribution in [0.4, 0.5) is 0 Å². The van der Waals surface area contributed by atoms with Crippen LogP contribution in [0.25, 0.3) is 0 Å². The van der Waals surface area contributed by atoms with Gasteiger partial charge in [0.2, 0.25) is 0 Å². The molecule has 9 N–H and O–H groups in total. The fourth-order valence-electron chi connectivity index (χ4n) is 4.16. The maximum atomic E-state index is 2.73. The SMILES string of the molecule is Br.Br.Br.CCCCCCCC[P+](C)(CCCCCCCC)CCCCCCCC.N.N.N. The van der Waals surface area contributed by atoms with Crippen LogP contribution in [0, 0.1) is 0 Å². The van der Waals surface area contributed by atoms with Gasteiger partial charge in [-0.25, -0.2) is 0 Å². The first-order chi connectivity index (χ1) is 12.7. The van der Waals surface area contributed by atoms with Gasteiger partial charge in [-0.1, -0.05) is 97.8 Å². The number of rotatable bonds is 21. The van der Waals surface area contributed by atoms with Gasteiger partial charge in [0, 0.05) is 13.9 Å². The highest BCUT2D eigenvalue weighted by atomic mass is 79.9. The van der Waals surface area contributed by atoms with Crippen molar-refractivity contribution in [3.05, 3.63) is 0 Å². The molecule has 0 aliphatic heterocycles. The van der Waals surface area contributed by atoms with Crippen molar-refractivity contribution in [2.45, 2.75) is 136 Å². The maximum absolute atomic E-state index is 2.73. The number of hydrogen-bond donors (Lipinski definition) is 3. The normalized spacial score (nSPS) is 9.75. The topological polar surface area (TPSA) is 105 Å². The molecule has 3 nitrogen and oxygen atoms in total. The van der Waals surface area contributed by atoms with Gasteiger partial charge in [0.15, 0.2) is 0 Å². The molecule has 32 heavy (non-hydrogen) atoms. The van der Waals surface area contributed by atoms with E-state index >= 15 is 0 Å². The molecule has 0 rings (SSSR count). The largest absolute Gasteiger partial charge is 0.344 e. The average molecular weight is 680 g/mol. The summed E-state index contributed by atoms with van der Waals surface area (Å²) in [6.07, 6.45) is 31.2. The lowest BCUT2D eigenvalue weighted by Gasteiger charge is -2.24. The van der Waals surface area contributed by atoms with Crippen molar-refractivity contribution in [2.75, 3.05) is 25.2 Å². The zero-order chi connectivity index (χ0) is 19.3. The zero-order valence-corrected chi connectivity index (χ0v) is 28.7. The summed E-state index contributed by atoms with van der Waals surface area (Å²) in [6.45, 7) is 9.70. The van der Waals surface area contributed by atoms with Gasteiger partial charge in [-0.2, -0.15) is 0 Å². The van der Waals surface area contributed by atoms with Crippen LogP contribution >= 0.6 is 58.2 Å². The highest BCUT2D eigenvalue weighted by Crippen LogP contribution is 2.57. The van der Waals surface area contributed by atoms with Crippen LogP contribution in [0.1, 0.15) is 136 Å². The van der Waals surface area contributed by atoms with E-state index in [9.17, 15) is 0 Å². The third-order valence-electron chi connectivity index (χ3n) is 6.15. The second-order valence-corrected chi connectivity index (χ2v) is 13.7. The minimum absolute atomic E-state index is 0. The highest BCUT2D eigenvalue weighted by molar-refractivity contribution is 8.93. The van der Waals surface area contributed by atoms with Gasteiger partial charge in [-0.15, -0.1) is 50.9 Å². The molecule has 0 fully saturated rings. The lowest BCUT2D eigenvalue weighted by atomic mass is 10.1. The average Bonchev–Trinajstić information content (AvgIpc) is 2.64. The summed E-state index contributed by atoms with van der Waals surface area (Å²) >= 11 is 0. The van der Waals surface area contributed by atoms with Crippen LogP contribution in [0.2, 0.25) is 0 Å². The Labute approximate surface area is 237 Å². The predicted molar refractivity (Wildman–Crippen MR) is 174 cm³/mol. The second kappa shape index (κ2) is 39.9. The summed E-state index contributed by atoms with van der Waals surface area (Å²) in [4.78, 5) is 0. The Morgan fingerprint density at radius 1 is 0.344 bits per heavy atom. The van der Waals surface area contributed by atoms with E-state index in [-0.39, 0.29) is 69.4 Å². The molecule has 0 aromatic carbocycles. The molecule has 0 bridgehead atoms. The van der Waals surface area contributed by atoms with Crippen LogP contribution in [-0.2, 0) is 0 Å². The molecule has 0 spiro atoms. The van der Waals surface area contributed by atoms with Gasteiger partial charge in [0.25, 0.3) is 0 Å². The Balaban J connectivity index is -0.000000208. The monoisotopic (exact) mass is 676 g/mol. The van der Waals surface area contributed by atoms with E-state index in [0.29, 0.717) is 0 Å². The molecule has 0 heterocycles. The molecular formula is C25H66Br3N3P+. The smallest absolute Gasteiger partial charge is 0.0591 e. The highest BCUT2D eigenvalue weighted by Gasteiger charge is 2.29. The number of unbranched alkanes of at least 4 members (excludes halogenated alkanes) is 15. The van der Waals surface area contributed by atoms with E-state index in [1.807, 2.05) is 0 Å². The van der Waals surface area contributed by atoms with E-state index in [1.54, 1.807) is 18.5 Å². The molecule has 0 unspecified atom stereocenters. The van der Waals surface area contributed by atoms with Gasteiger partial charge < -0.3 is 18.5 Å². The molecule has 0 saturated heterocycles. The molecule has 0 atom stereocenters. The third-order valence-corrected chi connectivity index (χ3v) is 10.3. The lowest BCUT2D eigenvalue weighted by Crippen LogP contribution is -2.08. The van der Waals surface area contributed by atoms with Crippen molar-refractivity contribution in [3.8, 4) is 0 Å². The third kappa shape index (κ3) is 36.3. The Morgan fingerprint density at radius 3 is 0.750 bits per heavy atom. The van der Waals surface area contributed by atoms with Gasteiger partial charge in [0.05, 0.1) is 18.5 Å². The summed E-state index contributed by atoms with van der Waals surface area (Å²) in [5.74, 6) is 0. The van der Waals surface area contributed by atoms with Crippen molar-refractivity contribution < 1.29 is 0 Å². The van der Waals surface area contributed by atoms with E-state index in [4.69, 9.17) is 0 Å². The molecule has 0 amide bonds. The first-order valence-electron chi connectivity index (χ1n) is 12.5. The Kier molecular flexibility index (Phi) is 63.1. The molecule has 0 radical (unpaired) electrons. The Morgan fingerprint density at radius 2 is 0.531 bits per heavy atom. The van der Waals surface area contributed by atoms with Crippen molar-refractivity contribution in [1.82, 2.24) is 18.5 Å². The van der Waals surface area contributed by atoms with Crippen molar-refractivity contribution >= 4 is 58.2 Å². The van der Waals surface area contributed by atoms with E-state index in [1.165, 1.54) is 116 Å². The van der Waals surface area contributed by atoms with E-state index in [0.717, 1.165) is 0 Å². The fraction of sp³-hybridized carbons (Fsp3) is 1.00. The fourth-order valence-corrected chi connectivity index (χ4v) is 7.79.